The fourth-order valence-electron chi connectivity index (χ4n) is 4.07. The lowest BCUT2D eigenvalue weighted by Gasteiger charge is -2.31. The third kappa shape index (κ3) is 4.25. The fraction of sp³-hybridized carbons (Fsp3) is 0.889. The van der Waals surface area contributed by atoms with Gasteiger partial charge in [0.1, 0.15) is 0 Å². The summed E-state index contributed by atoms with van der Waals surface area (Å²) >= 11 is 0. The predicted molar refractivity (Wildman–Crippen MR) is 89.8 cm³/mol. The Bertz CT molecular complexity index is 414. The summed E-state index contributed by atoms with van der Waals surface area (Å²) in [5.74, 6) is -0.0589. The maximum Gasteiger partial charge on any atom is 0.225 e. The van der Waals surface area contributed by atoms with Crippen molar-refractivity contribution in [1.29, 1.82) is 0 Å². The summed E-state index contributed by atoms with van der Waals surface area (Å²) in [7, 11) is 0. The summed E-state index contributed by atoms with van der Waals surface area (Å²) in [6.07, 6.45) is 7.50. The van der Waals surface area contributed by atoms with Crippen molar-refractivity contribution in [3.8, 4) is 0 Å². The van der Waals surface area contributed by atoms with Crippen molar-refractivity contribution in [2.24, 2.45) is 11.3 Å². The van der Waals surface area contributed by atoms with Crippen LogP contribution in [0.15, 0.2) is 0 Å². The van der Waals surface area contributed by atoms with Gasteiger partial charge >= 0.3 is 0 Å². The molecule has 1 aliphatic carbocycles. The smallest absolute Gasteiger partial charge is 0.225 e. The summed E-state index contributed by atoms with van der Waals surface area (Å²) in [6, 6.07) is 0.361. The zero-order valence-electron chi connectivity index (χ0n) is 14.6. The normalized spacial score (nSPS) is 22.8. The Labute approximate surface area is 139 Å². The second kappa shape index (κ2) is 8.13. The Morgan fingerprint density at radius 1 is 1.30 bits per heavy atom. The molecule has 2 N–H and O–H groups in total. The van der Waals surface area contributed by atoms with Gasteiger partial charge in [-0.15, -0.1) is 0 Å². The molecule has 2 aliphatic rings. The van der Waals surface area contributed by atoms with Gasteiger partial charge < -0.3 is 15.3 Å². The summed E-state index contributed by atoms with van der Waals surface area (Å²) in [5, 5.41) is 12.3. The average molecular weight is 324 g/mol. The van der Waals surface area contributed by atoms with E-state index in [4.69, 9.17) is 0 Å². The molecule has 0 bridgehead atoms. The molecule has 0 aromatic carbocycles. The molecule has 5 nitrogen and oxygen atoms in total. The minimum atomic E-state index is -0.205. The topological polar surface area (TPSA) is 69.6 Å². The van der Waals surface area contributed by atoms with E-state index in [-0.39, 0.29) is 29.8 Å². The molecule has 2 rings (SSSR count). The van der Waals surface area contributed by atoms with E-state index in [2.05, 4.69) is 19.2 Å². The van der Waals surface area contributed by atoms with Gasteiger partial charge in [-0.25, -0.2) is 0 Å². The van der Waals surface area contributed by atoms with Crippen molar-refractivity contribution in [3.05, 3.63) is 0 Å². The monoisotopic (exact) mass is 324 g/mol. The SMILES string of the molecule is CCC(CC)(CCO)CNC(=O)C1CC(=O)N(C2CCCC2)C1. The van der Waals surface area contributed by atoms with Crippen molar-refractivity contribution < 1.29 is 14.7 Å². The molecule has 23 heavy (non-hydrogen) atoms. The van der Waals surface area contributed by atoms with Gasteiger partial charge in [-0.1, -0.05) is 26.7 Å². The molecule has 0 aromatic heterocycles. The molecule has 0 radical (unpaired) electrons. The molecule has 0 aromatic rings. The van der Waals surface area contributed by atoms with Gasteiger partial charge in [0, 0.05) is 32.2 Å². The first kappa shape index (κ1) is 18.2. The minimum absolute atomic E-state index is 0.00283. The molecule has 1 unspecified atom stereocenters. The molecule has 2 fully saturated rings. The summed E-state index contributed by atoms with van der Waals surface area (Å²) in [4.78, 5) is 26.6. The van der Waals surface area contributed by atoms with Gasteiger partial charge in [-0.2, -0.15) is 0 Å². The van der Waals surface area contributed by atoms with E-state index >= 15 is 0 Å². The standard InChI is InChI=1S/C18H32N2O3/c1-3-18(4-2,9-10-21)13-19-17(23)14-11-16(22)20(12-14)15-7-5-6-8-15/h14-15,21H,3-13H2,1-2H3,(H,19,23). The van der Waals surface area contributed by atoms with E-state index in [1.54, 1.807) is 0 Å². The number of amides is 2. The number of rotatable bonds is 8. The Balaban J connectivity index is 1.87. The molecule has 0 spiro atoms. The lowest BCUT2D eigenvalue weighted by molar-refractivity contribution is -0.130. The van der Waals surface area contributed by atoms with E-state index in [9.17, 15) is 14.7 Å². The fourth-order valence-corrected chi connectivity index (χ4v) is 4.07. The van der Waals surface area contributed by atoms with Crippen molar-refractivity contribution in [3.63, 3.8) is 0 Å². The van der Waals surface area contributed by atoms with Crippen LogP contribution in [0.2, 0.25) is 0 Å². The predicted octanol–water partition coefficient (Wildman–Crippen LogP) is 2.08. The maximum atomic E-state index is 12.5. The Kier molecular flexibility index (Phi) is 6.45. The number of hydrogen-bond acceptors (Lipinski definition) is 3. The second-order valence-electron chi connectivity index (χ2n) is 7.28. The van der Waals surface area contributed by atoms with Gasteiger partial charge in [0.25, 0.3) is 0 Å². The maximum absolute atomic E-state index is 12.5. The molecule has 1 atom stereocenters. The highest BCUT2D eigenvalue weighted by Crippen LogP contribution is 2.31. The minimum Gasteiger partial charge on any atom is -0.396 e. The van der Waals surface area contributed by atoms with Crippen LogP contribution >= 0.6 is 0 Å². The average Bonchev–Trinajstić information content (AvgIpc) is 3.20. The number of hydrogen-bond donors (Lipinski definition) is 2. The van der Waals surface area contributed by atoms with E-state index < -0.39 is 0 Å². The highest BCUT2D eigenvalue weighted by Gasteiger charge is 2.39. The van der Waals surface area contributed by atoms with Crippen LogP contribution in [-0.2, 0) is 9.59 Å². The van der Waals surface area contributed by atoms with Crippen LogP contribution in [0.1, 0.15) is 65.2 Å². The highest BCUT2D eigenvalue weighted by molar-refractivity contribution is 5.89. The van der Waals surface area contributed by atoms with E-state index in [0.717, 1.165) is 25.7 Å². The number of aliphatic hydroxyl groups excluding tert-OH is 1. The van der Waals surface area contributed by atoms with E-state index in [1.165, 1.54) is 12.8 Å². The number of nitrogens with zero attached hydrogens (tertiary/aromatic N) is 1. The lowest BCUT2D eigenvalue weighted by Crippen LogP contribution is -2.41. The third-order valence-corrected chi connectivity index (χ3v) is 6.07. The van der Waals surface area contributed by atoms with Gasteiger partial charge in [0.15, 0.2) is 0 Å². The quantitative estimate of drug-likeness (QED) is 0.718. The summed E-state index contributed by atoms with van der Waals surface area (Å²) in [6.45, 7) is 5.53. The van der Waals surface area contributed by atoms with E-state index in [0.29, 0.717) is 32.0 Å². The largest absolute Gasteiger partial charge is 0.396 e. The third-order valence-electron chi connectivity index (χ3n) is 6.07. The number of nitrogens with one attached hydrogen (secondary N) is 1. The molecule has 1 heterocycles. The van der Waals surface area contributed by atoms with Gasteiger partial charge in [-0.05, 0) is 37.5 Å². The van der Waals surface area contributed by atoms with Crippen LogP contribution in [0.25, 0.3) is 0 Å². The molecule has 132 valence electrons. The molecular weight excluding hydrogens is 292 g/mol. The molecule has 5 heteroatoms. The molecule has 1 saturated heterocycles. The number of carbonyl (C=O) groups is 2. The van der Waals surface area contributed by atoms with Crippen LogP contribution in [-0.4, -0.2) is 47.6 Å². The molecule has 1 saturated carbocycles. The summed E-state index contributed by atoms with van der Waals surface area (Å²) in [5.41, 5.74) is -0.0296. The second-order valence-corrected chi connectivity index (χ2v) is 7.28. The highest BCUT2D eigenvalue weighted by atomic mass is 16.3. The van der Waals surface area contributed by atoms with Crippen LogP contribution in [0, 0.1) is 11.3 Å². The first-order valence-corrected chi connectivity index (χ1v) is 9.23. The van der Waals surface area contributed by atoms with Crippen molar-refractivity contribution in [2.75, 3.05) is 19.7 Å². The van der Waals surface area contributed by atoms with Gasteiger partial charge in [0.2, 0.25) is 11.8 Å². The Hall–Kier alpha value is -1.10. The van der Waals surface area contributed by atoms with Crippen LogP contribution in [0.3, 0.4) is 0 Å². The van der Waals surface area contributed by atoms with Crippen LogP contribution < -0.4 is 5.32 Å². The van der Waals surface area contributed by atoms with Crippen LogP contribution in [0.5, 0.6) is 0 Å². The van der Waals surface area contributed by atoms with Crippen molar-refractivity contribution in [1.82, 2.24) is 10.2 Å². The van der Waals surface area contributed by atoms with Gasteiger partial charge in [0.05, 0.1) is 5.92 Å². The first-order chi connectivity index (χ1) is 11.0. The van der Waals surface area contributed by atoms with E-state index in [1.807, 2.05) is 4.90 Å². The number of likely N-dealkylation sites (tertiary alicyclic amines) is 1. The zero-order valence-corrected chi connectivity index (χ0v) is 14.6. The van der Waals surface area contributed by atoms with Crippen LogP contribution in [0.4, 0.5) is 0 Å². The Morgan fingerprint density at radius 3 is 2.52 bits per heavy atom. The number of carbonyl (C=O) groups excluding carboxylic acids is 2. The lowest BCUT2D eigenvalue weighted by atomic mass is 9.79. The summed E-state index contributed by atoms with van der Waals surface area (Å²) < 4.78 is 0. The zero-order chi connectivity index (χ0) is 16.9. The first-order valence-electron chi connectivity index (χ1n) is 9.23. The molecular formula is C18H32N2O3. The van der Waals surface area contributed by atoms with Crippen molar-refractivity contribution in [2.45, 2.75) is 71.3 Å². The van der Waals surface area contributed by atoms with Gasteiger partial charge in [-0.3, -0.25) is 9.59 Å². The Morgan fingerprint density at radius 2 is 1.96 bits per heavy atom. The molecule has 2 amide bonds. The number of aliphatic hydroxyl groups is 1. The van der Waals surface area contributed by atoms with Crippen molar-refractivity contribution >= 4 is 11.8 Å². The molecule has 1 aliphatic heterocycles.